The first-order valence-corrected chi connectivity index (χ1v) is 5.12. The van der Waals surface area contributed by atoms with Crippen molar-refractivity contribution in [3.8, 4) is 0 Å². The fourth-order valence-electron chi connectivity index (χ4n) is 2.22. The van der Waals surface area contributed by atoms with Gasteiger partial charge in [-0.1, -0.05) is 6.58 Å². The second-order valence-corrected chi connectivity index (χ2v) is 3.97. The molecule has 1 aliphatic carbocycles. The number of nitrogens with zero attached hydrogens (tertiary/aromatic N) is 1. The summed E-state index contributed by atoms with van der Waals surface area (Å²) in [6, 6.07) is 1.46. The van der Waals surface area contributed by atoms with E-state index in [1.165, 1.54) is 6.07 Å². The molecular formula is C13H14FN. The van der Waals surface area contributed by atoms with Gasteiger partial charge < -0.3 is 0 Å². The van der Waals surface area contributed by atoms with Crippen LogP contribution in [0, 0.1) is 12.7 Å². The number of allylic oxidation sites excluding steroid dienone is 1. The molecule has 0 saturated heterocycles. The first-order valence-electron chi connectivity index (χ1n) is 5.12. The van der Waals surface area contributed by atoms with Crippen LogP contribution < -0.4 is 0 Å². The first-order chi connectivity index (χ1) is 7.15. The minimum absolute atomic E-state index is 0.189. The van der Waals surface area contributed by atoms with Crippen molar-refractivity contribution in [1.29, 1.82) is 0 Å². The molecule has 0 radical (unpaired) electrons. The van der Waals surface area contributed by atoms with E-state index in [0.29, 0.717) is 5.69 Å². The molecule has 0 fully saturated rings. The van der Waals surface area contributed by atoms with Gasteiger partial charge in [0.15, 0.2) is 0 Å². The summed E-state index contributed by atoms with van der Waals surface area (Å²) in [5.74, 6) is -0.189. The van der Waals surface area contributed by atoms with Gasteiger partial charge in [0, 0.05) is 11.6 Å². The topological polar surface area (TPSA) is 12.4 Å². The molecule has 1 nitrogen and oxygen atoms in total. The quantitative estimate of drug-likeness (QED) is 0.615. The highest BCUT2D eigenvalue weighted by Gasteiger charge is 2.20. The Labute approximate surface area is 89.4 Å². The van der Waals surface area contributed by atoms with Gasteiger partial charge in [0.1, 0.15) is 5.82 Å². The molecule has 0 atom stereocenters. The minimum atomic E-state index is -0.189. The Hall–Kier alpha value is -1.44. The highest BCUT2D eigenvalue weighted by molar-refractivity contribution is 5.79. The van der Waals surface area contributed by atoms with Gasteiger partial charge in [-0.3, -0.25) is 4.99 Å². The van der Waals surface area contributed by atoms with Gasteiger partial charge in [-0.25, -0.2) is 4.39 Å². The average Bonchev–Trinajstić information content (AvgIpc) is 2.23. The van der Waals surface area contributed by atoms with Crippen LogP contribution in [0.4, 0.5) is 10.1 Å². The molecule has 1 aromatic rings. The van der Waals surface area contributed by atoms with Crippen LogP contribution in [-0.2, 0) is 6.42 Å². The summed E-state index contributed by atoms with van der Waals surface area (Å²) < 4.78 is 13.6. The number of aliphatic imine (C=N–C) groups is 1. The smallest absolute Gasteiger partial charge is 0.128 e. The molecule has 0 bridgehead atoms. The normalized spacial score (nSPS) is 14.9. The Morgan fingerprint density at radius 3 is 2.80 bits per heavy atom. The van der Waals surface area contributed by atoms with Crippen LogP contribution in [0.25, 0.3) is 5.57 Å². The zero-order valence-corrected chi connectivity index (χ0v) is 8.94. The Kier molecular flexibility index (Phi) is 2.43. The van der Waals surface area contributed by atoms with Gasteiger partial charge in [-0.05, 0) is 49.6 Å². The molecule has 0 amide bonds. The number of halogens is 1. The maximum absolute atomic E-state index is 13.6. The van der Waals surface area contributed by atoms with Crippen molar-refractivity contribution >= 4 is 18.0 Å². The van der Waals surface area contributed by atoms with E-state index in [2.05, 4.69) is 18.3 Å². The van der Waals surface area contributed by atoms with Crippen molar-refractivity contribution in [2.75, 3.05) is 0 Å². The minimum Gasteiger partial charge on any atom is -0.264 e. The third-order valence-corrected chi connectivity index (χ3v) is 3.06. The number of hydrogen-bond donors (Lipinski definition) is 0. The summed E-state index contributed by atoms with van der Waals surface area (Å²) in [6.45, 7) is 9.33. The zero-order chi connectivity index (χ0) is 11.0. The van der Waals surface area contributed by atoms with Gasteiger partial charge in [0.2, 0.25) is 0 Å². The van der Waals surface area contributed by atoms with Gasteiger partial charge in [0.25, 0.3) is 0 Å². The average molecular weight is 203 g/mol. The summed E-state index contributed by atoms with van der Waals surface area (Å²) in [6.07, 6.45) is 2.94. The predicted molar refractivity (Wildman–Crippen MR) is 62.3 cm³/mol. The molecule has 0 saturated carbocycles. The lowest BCUT2D eigenvalue weighted by Gasteiger charge is -2.22. The molecule has 1 aliphatic rings. The lowest BCUT2D eigenvalue weighted by Crippen LogP contribution is -2.05. The van der Waals surface area contributed by atoms with Crippen LogP contribution in [-0.4, -0.2) is 6.72 Å². The number of hydrogen-bond acceptors (Lipinski definition) is 1. The van der Waals surface area contributed by atoms with Crippen molar-refractivity contribution in [3.63, 3.8) is 0 Å². The molecule has 2 rings (SSSR count). The fourth-order valence-corrected chi connectivity index (χ4v) is 2.22. The second kappa shape index (κ2) is 3.61. The van der Waals surface area contributed by atoms with Crippen molar-refractivity contribution < 1.29 is 4.39 Å². The predicted octanol–water partition coefficient (Wildman–Crippen LogP) is 3.82. The van der Waals surface area contributed by atoms with E-state index < -0.39 is 0 Å². The van der Waals surface area contributed by atoms with Crippen molar-refractivity contribution in [3.05, 3.63) is 35.2 Å². The molecule has 0 spiro atoms. The molecule has 0 aliphatic heterocycles. The molecule has 0 heterocycles. The SMILES string of the molecule is C=Nc1cc(F)c(C)c2c1C(=C)CCC2. The van der Waals surface area contributed by atoms with Crippen LogP contribution >= 0.6 is 0 Å². The summed E-state index contributed by atoms with van der Waals surface area (Å²) >= 11 is 0. The Bertz CT molecular complexity index is 446. The molecule has 78 valence electrons. The molecule has 0 N–H and O–H groups in total. The molecule has 2 heteroatoms. The molecule has 1 aromatic carbocycles. The highest BCUT2D eigenvalue weighted by Crippen LogP contribution is 2.38. The van der Waals surface area contributed by atoms with E-state index in [9.17, 15) is 4.39 Å². The standard InChI is InChI=1S/C13H14FN/c1-8-5-4-6-10-9(2)11(14)7-12(15-3)13(8)10/h7H,1,3-6H2,2H3. The highest BCUT2D eigenvalue weighted by atomic mass is 19.1. The lowest BCUT2D eigenvalue weighted by molar-refractivity contribution is 0.613. The molecule has 15 heavy (non-hydrogen) atoms. The number of fused-ring (bicyclic) bond motifs is 1. The summed E-state index contributed by atoms with van der Waals surface area (Å²) in [5.41, 5.74) is 4.52. The Balaban J connectivity index is 2.76. The van der Waals surface area contributed by atoms with E-state index >= 15 is 0 Å². The molecule has 0 unspecified atom stereocenters. The molecule has 0 aromatic heterocycles. The van der Waals surface area contributed by atoms with E-state index in [1.807, 2.05) is 6.92 Å². The van der Waals surface area contributed by atoms with Gasteiger partial charge in [-0.15, -0.1) is 0 Å². The van der Waals surface area contributed by atoms with E-state index in [1.54, 1.807) is 0 Å². The van der Waals surface area contributed by atoms with E-state index in [-0.39, 0.29) is 5.82 Å². The third-order valence-electron chi connectivity index (χ3n) is 3.06. The van der Waals surface area contributed by atoms with Gasteiger partial charge in [-0.2, -0.15) is 0 Å². The zero-order valence-electron chi connectivity index (χ0n) is 8.94. The number of benzene rings is 1. The van der Waals surface area contributed by atoms with Crippen LogP contribution in [0.1, 0.15) is 29.5 Å². The second-order valence-electron chi connectivity index (χ2n) is 3.97. The summed E-state index contributed by atoms with van der Waals surface area (Å²) in [7, 11) is 0. The van der Waals surface area contributed by atoms with Crippen LogP contribution in [0.5, 0.6) is 0 Å². The van der Waals surface area contributed by atoms with E-state index in [4.69, 9.17) is 0 Å². The van der Waals surface area contributed by atoms with Crippen molar-refractivity contribution in [2.24, 2.45) is 4.99 Å². The Morgan fingerprint density at radius 1 is 1.40 bits per heavy atom. The maximum atomic E-state index is 13.6. The summed E-state index contributed by atoms with van der Waals surface area (Å²) in [4.78, 5) is 3.89. The Morgan fingerprint density at radius 2 is 2.13 bits per heavy atom. The van der Waals surface area contributed by atoms with Crippen molar-refractivity contribution in [2.45, 2.75) is 26.2 Å². The monoisotopic (exact) mass is 203 g/mol. The van der Waals surface area contributed by atoms with E-state index in [0.717, 1.165) is 41.5 Å². The summed E-state index contributed by atoms with van der Waals surface area (Å²) in [5, 5.41) is 0. The van der Waals surface area contributed by atoms with Crippen LogP contribution in [0.15, 0.2) is 17.6 Å². The van der Waals surface area contributed by atoms with Crippen LogP contribution in [0.2, 0.25) is 0 Å². The number of rotatable bonds is 1. The van der Waals surface area contributed by atoms with Crippen LogP contribution in [0.3, 0.4) is 0 Å². The lowest BCUT2D eigenvalue weighted by atomic mass is 9.84. The molecular weight excluding hydrogens is 189 g/mol. The largest absolute Gasteiger partial charge is 0.264 e. The van der Waals surface area contributed by atoms with Gasteiger partial charge in [0.05, 0.1) is 5.69 Å². The maximum Gasteiger partial charge on any atom is 0.128 e. The van der Waals surface area contributed by atoms with Crippen molar-refractivity contribution in [1.82, 2.24) is 0 Å². The van der Waals surface area contributed by atoms with Gasteiger partial charge >= 0.3 is 0 Å². The third kappa shape index (κ3) is 1.50. The fraction of sp³-hybridized carbons (Fsp3) is 0.308. The first kappa shape index (κ1) is 10.1.